The zero-order chi connectivity index (χ0) is 21.0. The standard InChI is InChI=1S/C18H26ClFN6O3/c1-11-6-7-26(11)16-14(20)15(21-18(19)22-16)23-24-17(28)13(9-25(29)10-27)8-12-4-2-3-5-12/h10-13,29H,2-9H2,1H3,(H,24,28)(H,21,22,23)/t11?,13-/m1/s1. The van der Waals surface area contributed by atoms with Gasteiger partial charge in [0.15, 0.2) is 11.6 Å². The lowest BCUT2D eigenvalue weighted by molar-refractivity contribution is -0.154. The van der Waals surface area contributed by atoms with Crippen LogP contribution in [0.25, 0.3) is 0 Å². The van der Waals surface area contributed by atoms with Gasteiger partial charge in [0.05, 0.1) is 12.5 Å². The molecule has 1 unspecified atom stereocenters. The first-order chi connectivity index (χ1) is 13.9. The number of nitrogens with one attached hydrogen (secondary N) is 2. The smallest absolute Gasteiger partial charge is 0.243 e. The zero-order valence-corrected chi connectivity index (χ0v) is 17.0. The van der Waals surface area contributed by atoms with Crippen LogP contribution in [0.2, 0.25) is 5.28 Å². The number of amides is 2. The van der Waals surface area contributed by atoms with Crippen molar-refractivity contribution >= 4 is 35.6 Å². The minimum Gasteiger partial charge on any atom is -0.351 e. The summed E-state index contributed by atoms with van der Waals surface area (Å²) in [5.74, 6) is -1.60. The SMILES string of the molecule is CC1CCN1c1nc(Cl)nc(NNC(=O)[C@H](CC2CCCC2)CN(O)C=O)c1F. The van der Waals surface area contributed by atoms with E-state index in [4.69, 9.17) is 11.6 Å². The minimum absolute atomic E-state index is 0.0884. The number of hydrogen-bond acceptors (Lipinski definition) is 7. The van der Waals surface area contributed by atoms with Crippen LogP contribution < -0.4 is 15.8 Å². The van der Waals surface area contributed by atoms with Gasteiger partial charge in [0, 0.05) is 12.6 Å². The first kappa shape index (κ1) is 21.5. The second-order valence-corrected chi connectivity index (χ2v) is 8.07. The van der Waals surface area contributed by atoms with Gasteiger partial charge in [0.25, 0.3) is 0 Å². The average molecular weight is 429 g/mol. The Morgan fingerprint density at radius 1 is 1.41 bits per heavy atom. The quantitative estimate of drug-likeness (QED) is 0.239. The largest absolute Gasteiger partial charge is 0.351 e. The molecule has 9 nitrogen and oxygen atoms in total. The van der Waals surface area contributed by atoms with Crippen molar-refractivity contribution in [3.8, 4) is 0 Å². The second kappa shape index (κ2) is 9.53. The number of halogens is 2. The summed E-state index contributed by atoms with van der Waals surface area (Å²) in [5, 5.41) is 9.85. The van der Waals surface area contributed by atoms with Crippen LogP contribution in [0, 0.1) is 17.7 Å². The summed E-state index contributed by atoms with van der Waals surface area (Å²) in [6.07, 6.45) is 5.95. The van der Waals surface area contributed by atoms with E-state index in [9.17, 15) is 19.2 Å². The Bertz CT molecular complexity index is 749. The number of hydrogen-bond donors (Lipinski definition) is 3. The van der Waals surface area contributed by atoms with Crippen LogP contribution in [0.1, 0.15) is 45.4 Å². The zero-order valence-electron chi connectivity index (χ0n) is 16.3. The number of nitrogens with zero attached hydrogens (tertiary/aromatic N) is 4. The van der Waals surface area contributed by atoms with Gasteiger partial charge in [0.1, 0.15) is 0 Å². The highest BCUT2D eigenvalue weighted by molar-refractivity contribution is 6.28. The van der Waals surface area contributed by atoms with Crippen LogP contribution in [0.15, 0.2) is 0 Å². The van der Waals surface area contributed by atoms with E-state index >= 15 is 0 Å². The molecule has 3 rings (SSSR count). The van der Waals surface area contributed by atoms with Crippen molar-refractivity contribution in [2.24, 2.45) is 11.8 Å². The van der Waals surface area contributed by atoms with Crippen molar-refractivity contribution < 1.29 is 19.2 Å². The number of aromatic nitrogens is 2. The Morgan fingerprint density at radius 2 is 2.14 bits per heavy atom. The molecule has 2 amide bonds. The van der Waals surface area contributed by atoms with E-state index in [1.807, 2.05) is 6.92 Å². The molecule has 2 heterocycles. The van der Waals surface area contributed by atoms with Crippen molar-refractivity contribution in [3.05, 3.63) is 11.1 Å². The Hall–Kier alpha value is -2.20. The van der Waals surface area contributed by atoms with Gasteiger partial charge in [-0.05, 0) is 37.3 Å². The fourth-order valence-electron chi connectivity index (χ4n) is 3.92. The molecule has 0 bridgehead atoms. The molecule has 2 atom stereocenters. The Labute approximate surface area is 173 Å². The summed E-state index contributed by atoms with van der Waals surface area (Å²) in [6, 6.07) is 0.146. The molecule has 3 N–H and O–H groups in total. The molecule has 0 radical (unpaired) electrons. The lowest BCUT2D eigenvalue weighted by atomic mass is 9.92. The minimum atomic E-state index is -0.703. The average Bonchev–Trinajstić information content (AvgIpc) is 3.20. The summed E-state index contributed by atoms with van der Waals surface area (Å²) in [6.45, 7) is 2.48. The summed E-state index contributed by atoms with van der Waals surface area (Å²) in [4.78, 5) is 33.0. The molecule has 1 aromatic heterocycles. The predicted octanol–water partition coefficient (Wildman–Crippen LogP) is 2.35. The highest BCUT2D eigenvalue weighted by atomic mass is 35.5. The number of anilines is 2. The molecule has 11 heteroatoms. The number of hydrazine groups is 1. The summed E-state index contributed by atoms with van der Waals surface area (Å²) >= 11 is 5.93. The molecular weight excluding hydrogens is 403 g/mol. The molecule has 2 fully saturated rings. The van der Waals surface area contributed by atoms with Crippen LogP contribution in [0.4, 0.5) is 16.0 Å². The summed E-state index contributed by atoms with van der Waals surface area (Å²) in [5.41, 5.74) is 4.92. The number of carbonyl (C=O) groups excluding carboxylic acids is 2. The number of carbonyl (C=O) groups is 2. The predicted molar refractivity (Wildman–Crippen MR) is 105 cm³/mol. The molecule has 0 aromatic carbocycles. The summed E-state index contributed by atoms with van der Waals surface area (Å²) < 4.78 is 14.8. The lowest BCUT2D eigenvalue weighted by Crippen LogP contribution is -2.47. The van der Waals surface area contributed by atoms with Crippen LogP contribution in [0.3, 0.4) is 0 Å². The third kappa shape index (κ3) is 5.24. The Balaban J connectivity index is 1.67. The fourth-order valence-corrected chi connectivity index (χ4v) is 4.08. The molecule has 1 aliphatic carbocycles. The first-order valence-electron chi connectivity index (χ1n) is 9.85. The van der Waals surface area contributed by atoms with E-state index in [0.717, 1.165) is 32.1 Å². The Morgan fingerprint density at radius 3 is 2.72 bits per heavy atom. The van der Waals surface area contributed by atoms with Gasteiger partial charge >= 0.3 is 0 Å². The van der Waals surface area contributed by atoms with Crippen LogP contribution in [-0.2, 0) is 9.59 Å². The molecule has 1 saturated carbocycles. The van der Waals surface area contributed by atoms with E-state index in [-0.39, 0.29) is 35.9 Å². The molecule has 2 aliphatic rings. The number of hydroxylamine groups is 2. The third-order valence-corrected chi connectivity index (χ3v) is 5.86. The molecule has 1 aromatic rings. The van der Waals surface area contributed by atoms with Crippen molar-refractivity contribution in [2.75, 3.05) is 23.4 Å². The van der Waals surface area contributed by atoms with Crippen LogP contribution >= 0.6 is 11.6 Å². The van der Waals surface area contributed by atoms with Gasteiger partial charge in [-0.2, -0.15) is 14.4 Å². The highest BCUT2D eigenvalue weighted by Gasteiger charge is 2.30. The van der Waals surface area contributed by atoms with E-state index in [0.29, 0.717) is 23.9 Å². The fraction of sp³-hybridized carbons (Fsp3) is 0.667. The monoisotopic (exact) mass is 428 g/mol. The highest BCUT2D eigenvalue weighted by Crippen LogP contribution is 2.32. The van der Waals surface area contributed by atoms with E-state index in [1.54, 1.807) is 4.90 Å². The first-order valence-corrected chi connectivity index (χ1v) is 10.2. The van der Waals surface area contributed by atoms with Gasteiger partial charge in [-0.1, -0.05) is 25.7 Å². The maximum Gasteiger partial charge on any atom is 0.243 e. The van der Waals surface area contributed by atoms with Crippen molar-refractivity contribution in [1.82, 2.24) is 20.5 Å². The summed E-state index contributed by atoms with van der Waals surface area (Å²) in [7, 11) is 0. The molecule has 160 valence electrons. The molecule has 1 aliphatic heterocycles. The van der Waals surface area contributed by atoms with E-state index < -0.39 is 17.6 Å². The topological polar surface area (TPSA) is 111 Å². The van der Waals surface area contributed by atoms with Crippen molar-refractivity contribution in [3.63, 3.8) is 0 Å². The van der Waals surface area contributed by atoms with E-state index in [2.05, 4.69) is 20.8 Å². The second-order valence-electron chi connectivity index (χ2n) is 7.73. The van der Waals surface area contributed by atoms with Gasteiger partial charge in [-0.25, -0.2) is 5.06 Å². The van der Waals surface area contributed by atoms with Crippen molar-refractivity contribution in [1.29, 1.82) is 0 Å². The maximum absolute atomic E-state index is 14.8. The number of rotatable bonds is 9. The molecule has 0 spiro atoms. The third-order valence-electron chi connectivity index (χ3n) is 5.69. The molecular formula is C18H26ClFN6O3. The van der Waals surface area contributed by atoms with Crippen molar-refractivity contribution in [2.45, 2.75) is 51.5 Å². The molecule has 29 heavy (non-hydrogen) atoms. The van der Waals surface area contributed by atoms with Gasteiger partial charge in [-0.3, -0.25) is 25.6 Å². The maximum atomic E-state index is 14.8. The Kier molecular flexibility index (Phi) is 7.07. The molecule has 1 saturated heterocycles. The normalized spacial score (nSPS) is 20.1. The van der Waals surface area contributed by atoms with E-state index in [1.165, 1.54) is 0 Å². The lowest BCUT2D eigenvalue weighted by Gasteiger charge is -2.39. The van der Waals surface area contributed by atoms with Crippen LogP contribution in [-0.4, -0.2) is 51.7 Å². The van der Waals surface area contributed by atoms with Gasteiger partial charge in [0.2, 0.25) is 23.4 Å². The van der Waals surface area contributed by atoms with Crippen LogP contribution in [0.5, 0.6) is 0 Å². The van der Waals surface area contributed by atoms with Gasteiger partial charge < -0.3 is 4.90 Å². The van der Waals surface area contributed by atoms with Gasteiger partial charge in [-0.15, -0.1) is 0 Å².